The lowest BCUT2D eigenvalue weighted by Gasteiger charge is -2.35. The SMILES string of the molecule is COC(=O)C1=C(CN2CCOC(CCC=O)C2)NC(c2nccs2)=NC1c1ccc(F)cc1Cl. The van der Waals surface area contributed by atoms with Crippen molar-refractivity contribution in [1.82, 2.24) is 15.2 Å². The van der Waals surface area contributed by atoms with Gasteiger partial charge in [0.05, 0.1) is 25.4 Å². The molecule has 0 spiro atoms. The molecule has 1 N–H and O–H groups in total. The molecule has 3 heterocycles. The van der Waals surface area contributed by atoms with E-state index >= 15 is 0 Å². The molecule has 1 saturated heterocycles. The van der Waals surface area contributed by atoms with E-state index in [0.29, 0.717) is 66.8 Å². The maximum Gasteiger partial charge on any atom is 0.338 e. The molecule has 0 bridgehead atoms. The number of nitrogens with one attached hydrogen (secondary N) is 1. The van der Waals surface area contributed by atoms with Crippen molar-refractivity contribution in [2.45, 2.75) is 25.0 Å². The van der Waals surface area contributed by atoms with Crippen LogP contribution in [-0.2, 0) is 19.1 Å². The van der Waals surface area contributed by atoms with Crippen molar-refractivity contribution in [3.8, 4) is 0 Å². The molecule has 8 nitrogen and oxygen atoms in total. The van der Waals surface area contributed by atoms with E-state index < -0.39 is 17.8 Å². The number of carbonyl (C=O) groups excluding carboxylic acids is 2. The fourth-order valence-corrected chi connectivity index (χ4v) is 4.90. The number of amidine groups is 1. The van der Waals surface area contributed by atoms with E-state index in [4.69, 9.17) is 26.1 Å². The molecule has 2 atom stereocenters. The lowest BCUT2D eigenvalue weighted by molar-refractivity contribution is -0.136. The fourth-order valence-electron chi connectivity index (χ4n) is 4.04. The maximum atomic E-state index is 13.8. The van der Waals surface area contributed by atoms with Crippen LogP contribution in [0.2, 0.25) is 5.02 Å². The number of rotatable bonds is 8. The van der Waals surface area contributed by atoms with Crippen LogP contribution >= 0.6 is 22.9 Å². The Balaban J connectivity index is 1.73. The van der Waals surface area contributed by atoms with Crippen molar-refractivity contribution in [2.24, 2.45) is 4.99 Å². The molecule has 0 amide bonds. The second kappa shape index (κ2) is 11.2. The molecule has 34 heavy (non-hydrogen) atoms. The zero-order valence-electron chi connectivity index (χ0n) is 18.5. The number of benzene rings is 1. The summed E-state index contributed by atoms with van der Waals surface area (Å²) in [4.78, 5) is 35.0. The lowest BCUT2D eigenvalue weighted by Crippen LogP contribution is -2.46. The van der Waals surface area contributed by atoms with Gasteiger partial charge in [-0.15, -0.1) is 11.3 Å². The summed E-state index contributed by atoms with van der Waals surface area (Å²) >= 11 is 7.79. The molecular weight excluding hydrogens is 483 g/mol. The molecule has 2 aromatic rings. The normalized spacial score (nSPS) is 21.1. The largest absolute Gasteiger partial charge is 0.466 e. The first-order valence-electron chi connectivity index (χ1n) is 10.8. The van der Waals surface area contributed by atoms with Crippen LogP contribution in [0.5, 0.6) is 0 Å². The molecule has 1 aromatic carbocycles. The van der Waals surface area contributed by atoms with Crippen LogP contribution in [0.25, 0.3) is 0 Å². The van der Waals surface area contributed by atoms with Gasteiger partial charge in [0.15, 0.2) is 10.8 Å². The monoisotopic (exact) mass is 506 g/mol. The lowest BCUT2D eigenvalue weighted by atomic mass is 9.95. The topological polar surface area (TPSA) is 93.1 Å². The molecule has 11 heteroatoms. The number of thiazole rings is 1. The second-order valence-corrected chi connectivity index (χ2v) is 9.17. The van der Waals surface area contributed by atoms with Gasteiger partial charge in [-0.2, -0.15) is 0 Å². The third-order valence-corrected chi connectivity index (χ3v) is 6.74. The first-order valence-corrected chi connectivity index (χ1v) is 12.0. The number of halogens is 2. The highest BCUT2D eigenvalue weighted by atomic mass is 35.5. The smallest absolute Gasteiger partial charge is 0.338 e. The van der Waals surface area contributed by atoms with Crippen LogP contribution in [0.4, 0.5) is 4.39 Å². The van der Waals surface area contributed by atoms with Crippen LogP contribution in [0.3, 0.4) is 0 Å². The number of nitrogens with zero attached hydrogens (tertiary/aromatic N) is 3. The van der Waals surface area contributed by atoms with Crippen LogP contribution in [0, 0.1) is 5.82 Å². The fraction of sp³-hybridized carbons (Fsp3) is 0.391. The first kappa shape index (κ1) is 24.5. The number of ether oxygens (including phenoxy) is 2. The van der Waals surface area contributed by atoms with Gasteiger partial charge in [-0.25, -0.2) is 14.2 Å². The molecular formula is C23H24ClFN4O4S. The Labute approximate surface area is 205 Å². The number of carbonyl (C=O) groups is 2. The molecule has 0 saturated carbocycles. The van der Waals surface area contributed by atoms with Gasteiger partial charge in [0, 0.05) is 53.9 Å². The van der Waals surface area contributed by atoms with Gasteiger partial charge in [0.2, 0.25) is 0 Å². The summed E-state index contributed by atoms with van der Waals surface area (Å²) in [6.07, 6.45) is 3.55. The zero-order chi connectivity index (χ0) is 24.1. The maximum absolute atomic E-state index is 13.8. The second-order valence-electron chi connectivity index (χ2n) is 7.86. The van der Waals surface area contributed by atoms with Crippen LogP contribution in [0.15, 0.2) is 46.0 Å². The predicted molar refractivity (Wildman–Crippen MR) is 126 cm³/mol. The molecule has 180 valence electrons. The van der Waals surface area contributed by atoms with E-state index in [9.17, 15) is 14.0 Å². The standard InChI is InChI=1S/C23H24ClFN4O4S/c1-32-23(31)19-18(13-29-7-9-33-15(12-29)3-2-8-30)27-21(22-26-6-10-34-22)28-20(19)16-5-4-14(25)11-17(16)24/h4-6,8,10-11,15,20H,2-3,7,9,12-13H2,1H3,(H,27,28). The molecule has 1 aromatic heterocycles. The third-order valence-electron chi connectivity index (χ3n) is 5.63. The average Bonchev–Trinajstić information content (AvgIpc) is 3.37. The third kappa shape index (κ3) is 5.52. The van der Waals surface area contributed by atoms with Crippen LogP contribution in [-0.4, -0.2) is 67.4 Å². The Morgan fingerprint density at radius 2 is 2.32 bits per heavy atom. The predicted octanol–water partition coefficient (Wildman–Crippen LogP) is 3.13. The van der Waals surface area contributed by atoms with Crippen molar-refractivity contribution in [1.29, 1.82) is 0 Å². The Morgan fingerprint density at radius 3 is 3.03 bits per heavy atom. The van der Waals surface area contributed by atoms with Gasteiger partial charge in [0.25, 0.3) is 0 Å². The summed E-state index contributed by atoms with van der Waals surface area (Å²) in [5.74, 6) is -0.542. The summed E-state index contributed by atoms with van der Waals surface area (Å²) in [6.45, 7) is 2.18. The molecule has 4 rings (SSSR count). The average molecular weight is 507 g/mol. The number of aliphatic imine (C=N–C) groups is 1. The van der Waals surface area contributed by atoms with Crippen LogP contribution in [0.1, 0.15) is 29.5 Å². The van der Waals surface area contributed by atoms with E-state index in [1.165, 1.54) is 36.6 Å². The number of methoxy groups -OCH3 is 1. The Bertz CT molecular complexity index is 1110. The van der Waals surface area contributed by atoms with E-state index in [2.05, 4.69) is 15.2 Å². The van der Waals surface area contributed by atoms with Gasteiger partial charge in [-0.1, -0.05) is 17.7 Å². The van der Waals surface area contributed by atoms with Gasteiger partial charge in [0.1, 0.15) is 18.1 Å². The number of hydrogen-bond acceptors (Lipinski definition) is 9. The molecule has 2 aliphatic heterocycles. The quantitative estimate of drug-likeness (QED) is 0.434. The molecule has 2 unspecified atom stereocenters. The Morgan fingerprint density at radius 1 is 1.47 bits per heavy atom. The summed E-state index contributed by atoms with van der Waals surface area (Å²) in [6, 6.07) is 3.21. The molecule has 2 aliphatic rings. The Hall–Kier alpha value is -2.66. The van der Waals surface area contributed by atoms with Gasteiger partial charge in [-0.05, 0) is 18.6 Å². The Kier molecular flexibility index (Phi) is 8.04. The zero-order valence-corrected chi connectivity index (χ0v) is 20.1. The first-order chi connectivity index (χ1) is 16.5. The van der Waals surface area contributed by atoms with Crippen molar-refractivity contribution in [3.63, 3.8) is 0 Å². The molecule has 0 aliphatic carbocycles. The molecule has 1 fully saturated rings. The number of esters is 1. The summed E-state index contributed by atoms with van der Waals surface area (Å²) in [7, 11) is 1.31. The highest BCUT2D eigenvalue weighted by molar-refractivity contribution is 7.11. The van der Waals surface area contributed by atoms with Crippen molar-refractivity contribution < 1.29 is 23.5 Å². The van der Waals surface area contributed by atoms with Gasteiger partial charge < -0.3 is 19.6 Å². The minimum Gasteiger partial charge on any atom is -0.466 e. The van der Waals surface area contributed by atoms with E-state index in [1.54, 1.807) is 6.20 Å². The minimum atomic E-state index is -0.803. The van der Waals surface area contributed by atoms with E-state index in [-0.39, 0.29) is 11.1 Å². The number of aldehydes is 1. The van der Waals surface area contributed by atoms with Crippen molar-refractivity contribution >= 4 is 41.0 Å². The highest BCUT2D eigenvalue weighted by Crippen LogP contribution is 2.37. The number of aromatic nitrogens is 1. The van der Waals surface area contributed by atoms with Crippen LogP contribution < -0.4 is 5.32 Å². The van der Waals surface area contributed by atoms with E-state index in [0.717, 1.165) is 6.29 Å². The van der Waals surface area contributed by atoms with Gasteiger partial charge in [-0.3, -0.25) is 9.89 Å². The van der Waals surface area contributed by atoms with Crippen molar-refractivity contribution in [3.05, 3.63) is 62.5 Å². The summed E-state index contributed by atoms with van der Waals surface area (Å²) in [5, 5.41) is 5.92. The number of hydrogen-bond donors (Lipinski definition) is 1. The van der Waals surface area contributed by atoms with Gasteiger partial charge >= 0.3 is 5.97 Å². The highest BCUT2D eigenvalue weighted by Gasteiger charge is 2.35. The molecule has 0 radical (unpaired) electrons. The van der Waals surface area contributed by atoms with E-state index in [1.807, 2.05) is 5.38 Å². The number of morpholine rings is 1. The van der Waals surface area contributed by atoms with Crippen molar-refractivity contribution in [2.75, 3.05) is 33.4 Å². The minimum absolute atomic E-state index is 0.0702. The summed E-state index contributed by atoms with van der Waals surface area (Å²) < 4.78 is 24.6. The summed E-state index contributed by atoms with van der Waals surface area (Å²) in [5.41, 5.74) is 1.39.